The Morgan fingerprint density at radius 3 is 2.36 bits per heavy atom. The minimum atomic E-state index is -1.60. The number of aliphatic hydroxyl groups excluding tert-OH is 2. The monoisotopic (exact) mass is 162 g/mol. The van der Waals surface area contributed by atoms with Gasteiger partial charge < -0.3 is 20.1 Å². The molecule has 0 saturated heterocycles. The molecule has 0 saturated carbocycles. The summed E-state index contributed by atoms with van der Waals surface area (Å²) >= 11 is 0. The van der Waals surface area contributed by atoms with E-state index in [0.717, 1.165) is 0 Å². The van der Waals surface area contributed by atoms with Gasteiger partial charge in [0.2, 0.25) is 0 Å². The fourth-order valence-corrected chi connectivity index (χ4v) is 0.734. The van der Waals surface area contributed by atoms with Crippen molar-refractivity contribution in [2.45, 2.75) is 25.6 Å². The van der Waals surface area contributed by atoms with E-state index in [9.17, 15) is 15.0 Å². The summed E-state index contributed by atoms with van der Waals surface area (Å²) in [5.41, 5.74) is -1.60. The highest BCUT2D eigenvalue weighted by Gasteiger charge is 2.33. The average molecular weight is 162 g/mol. The molecule has 0 unspecified atom stereocenters. The third-order valence-corrected chi connectivity index (χ3v) is 1.67. The molecule has 0 spiro atoms. The molecule has 0 fully saturated rings. The van der Waals surface area contributed by atoms with Gasteiger partial charge in [0.25, 0.3) is 0 Å². The average Bonchev–Trinajstić information content (AvgIpc) is 2.01. The van der Waals surface area contributed by atoms with Crippen LogP contribution in [0, 0.1) is 5.92 Å². The van der Waals surface area contributed by atoms with Crippen LogP contribution in [0.1, 0.15) is 13.8 Å². The molecule has 4 heteroatoms. The maximum Gasteiger partial charge on any atom is 0.125 e. The SMILES string of the molecule is C[C@H](C=O)[C@H](O)[C@](C)(O)CO. The van der Waals surface area contributed by atoms with Gasteiger partial charge in [-0.3, -0.25) is 0 Å². The maximum atomic E-state index is 10.2. The first-order chi connectivity index (χ1) is 4.95. The molecular formula is C7H14O4. The second-order valence-corrected chi connectivity index (χ2v) is 2.96. The van der Waals surface area contributed by atoms with Gasteiger partial charge in [-0.05, 0) is 6.92 Å². The minimum Gasteiger partial charge on any atom is -0.393 e. The largest absolute Gasteiger partial charge is 0.393 e. The quantitative estimate of drug-likeness (QED) is 0.460. The molecule has 0 amide bonds. The summed E-state index contributed by atoms with van der Waals surface area (Å²) in [4.78, 5) is 10.2. The number of aliphatic hydroxyl groups is 3. The molecule has 0 radical (unpaired) electrons. The van der Waals surface area contributed by atoms with E-state index < -0.39 is 24.2 Å². The van der Waals surface area contributed by atoms with Crippen molar-refractivity contribution in [3.63, 3.8) is 0 Å². The normalized spacial score (nSPS) is 21.9. The van der Waals surface area contributed by atoms with Gasteiger partial charge in [0.15, 0.2) is 0 Å². The lowest BCUT2D eigenvalue weighted by molar-refractivity contribution is -0.131. The fraction of sp³-hybridized carbons (Fsp3) is 0.857. The third-order valence-electron chi connectivity index (χ3n) is 1.67. The number of hydrogen-bond acceptors (Lipinski definition) is 4. The van der Waals surface area contributed by atoms with E-state index in [0.29, 0.717) is 6.29 Å². The fourth-order valence-electron chi connectivity index (χ4n) is 0.734. The van der Waals surface area contributed by atoms with Crippen molar-refractivity contribution in [3.05, 3.63) is 0 Å². The van der Waals surface area contributed by atoms with Gasteiger partial charge in [0.05, 0.1) is 12.7 Å². The first kappa shape index (κ1) is 10.6. The van der Waals surface area contributed by atoms with Crippen molar-refractivity contribution < 1.29 is 20.1 Å². The second kappa shape index (κ2) is 3.80. The van der Waals surface area contributed by atoms with Crippen LogP contribution >= 0.6 is 0 Å². The Hall–Kier alpha value is -0.450. The summed E-state index contributed by atoms with van der Waals surface area (Å²) in [5.74, 6) is -0.669. The predicted octanol–water partition coefficient (Wildman–Crippen LogP) is -1.07. The van der Waals surface area contributed by atoms with Gasteiger partial charge in [0, 0.05) is 5.92 Å². The highest BCUT2D eigenvalue weighted by molar-refractivity contribution is 5.54. The number of hydrogen-bond donors (Lipinski definition) is 3. The molecule has 0 bridgehead atoms. The van der Waals surface area contributed by atoms with Crippen molar-refractivity contribution in [1.82, 2.24) is 0 Å². The van der Waals surface area contributed by atoms with E-state index in [1.54, 1.807) is 0 Å². The molecule has 4 nitrogen and oxygen atoms in total. The van der Waals surface area contributed by atoms with Gasteiger partial charge in [-0.1, -0.05) is 6.92 Å². The van der Waals surface area contributed by atoms with Crippen LogP contribution in [0.25, 0.3) is 0 Å². The predicted molar refractivity (Wildman–Crippen MR) is 38.9 cm³/mol. The first-order valence-electron chi connectivity index (χ1n) is 3.42. The van der Waals surface area contributed by atoms with E-state index in [1.807, 2.05) is 0 Å². The van der Waals surface area contributed by atoms with Crippen LogP contribution in [0.5, 0.6) is 0 Å². The van der Waals surface area contributed by atoms with E-state index in [4.69, 9.17) is 5.11 Å². The minimum absolute atomic E-state index is 0.537. The lowest BCUT2D eigenvalue weighted by atomic mass is 9.91. The zero-order valence-electron chi connectivity index (χ0n) is 6.69. The van der Waals surface area contributed by atoms with Crippen LogP contribution in [-0.4, -0.2) is 39.9 Å². The van der Waals surface area contributed by atoms with Crippen molar-refractivity contribution in [2.75, 3.05) is 6.61 Å². The van der Waals surface area contributed by atoms with Crippen molar-refractivity contribution in [3.8, 4) is 0 Å². The van der Waals surface area contributed by atoms with Crippen molar-refractivity contribution in [2.24, 2.45) is 5.92 Å². The Bertz CT molecular complexity index is 132. The summed E-state index contributed by atoms with van der Waals surface area (Å²) in [7, 11) is 0. The Morgan fingerprint density at radius 1 is 1.64 bits per heavy atom. The van der Waals surface area contributed by atoms with Gasteiger partial charge in [-0.2, -0.15) is 0 Å². The summed E-state index contributed by atoms with van der Waals surface area (Å²) in [6, 6.07) is 0. The van der Waals surface area contributed by atoms with Crippen LogP contribution < -0.4 is 0 Å². The number of carbonyl (C=O) groups is 1. The molecule has 0 aromatic carbocycles. The van der Waals surface area contributed by atoms with Crippen LogP contribution in [0.15, 0.2) is 0 Å². The maximum absolute atomic E-state index is 10.2. The van der Waals surface area contributed by atoms with Crippen LogP contribution in [0.4, 0.5) is 0 Å². The molecule has 0 aromatic rings. The Labute approximate surface area is 65.5 Å². The van der Waals surface area contributed by atoms with E-state index >= 15 is 0 Å². The van der Waals surface area contributed by atoms with Crippen LogP contribution in [0.3, 0.4) is 0 Å². The summed E-state index contributed by atoms with van der Waals surface area (Å²) in [5, 5.41) is 27.0. The molecule has 0 aromatic heterocycles. The van der Waals surface area contributed by atoms with Gasteiger partial charge in [-0.15, -0.1) is 0 Å². The molecule has 0 aliphatic rings. The lowest BCUT2D eigenvalue weighted by Crippen LogP contribution is -2.46. The molecule has 0 rings (SSSR count). The van der Waals surface area contributed by atoms with Gasteiger partial charge >= 0.3 is 0 Å². The highest BCUT2D eigenvalue weighted by atomic mass is 16.4. The van der Waals surface area contributed by atoms with Crippen LogP contribution in [-0.2, 0) is 4.79 Å². The smallest absolute Gasteiger partial charge is 0.125 e. The van der Waals surface area contributed by atoms with Crippen molar-refractivity contribution >= 4 is 6.29 Å². The van der Waals surface area contributed by atoms with E-state index in [2.05, 4.69) is 0 Å². The van der Waals surface area contributed by atoms with E-state index in [1.165, 1.54) is 13.8 Å². The van der Waals surface area contributed by atoms with Gasteiger partial charge in [0.1, 0.15) is 11.9 Å². The molecule has 11 heavy (non-hydrogen) atoms. The Balaban J connectivity index is 4.21. The molecule has 0 heterocycles. The second-order valence-electron chi connectivity index (χ2n) is 2.96. The van der Waals surface area contributed by atoms with E-state index in [-0.39, 0.29) is 0 Å². The summed E-state index contributed by atoms with van der Waals surface area (Å²) < 4.78 is 0. The Morgan fingerprint density at radius 2 is 2.09 bits per heavy atom. The zero-order chi connectivity index (χ0) is 9.07. The molecular weight excluding hydrogens is 148 g/mol. The van der Waals surface area contributed by atoms with Crippen LogP contribution in [0.2, 0.25) is 0 Å². The molecule has 3 atom stereocenters. The molecule has 66 valence electrons. The Kier molecular flexibility index (Phi) is 3.65. The number of carbonyl (C=O) groups excluding carboxylic acids is 1. The van der Waals surface area contributed by atoms with Crippen molar-refractivity contribution in [1.29, 1.82) is 0 Å². The molecule has 0 aliphatic carbocycles. The third kappa shape index (κ3) is 2.57. The standard InChI is InChI=1S/C7H14O4/c1-5(3-8)6(10)7(2,11)4-9/h3,5-6,9-11H,4H2,1-2H3/t5-,6+,7-/m1/s1. The topological polar surface area (TPSA) is 77.8 Å². The summed E-state index contributed by atoms with van der Waals surface area (Å²) in [6.07, 6.45) is -0.681. The molecule has 3 N–H and O–H groups in total. The first-order valence-corrected chi connectivity index (χ1v) is 3.42. The lowest BCUT2D eigenvalue weighted by Gasteiger charge is -2.28. The number of aldehydes is 1. The van der Waals surface area contributed by atoms with Gasteiger partial charge in [-0.25, -0.2) is 0 Å². The zero-order valence-corrected chi connectivity index (χ0v) is 6.69. The number of rotatable bonds is 4. The molecule has 0 aliphatic heterocycles. The highest BCUT2D eigenvalue weighted by Crippen LogP contribution is 2.15. The summed E-state index contributed by atoms with van der Waals surface area (Å²) in [6.45, 7) is 2.19.